The number of hydrogen-bond donors (Lipinski definition) is 4. The molecule has 0 aliphatic heterocycles. The Bertz CT molecular complexity index is 838. The molecule has 0 aromatic carbocycles. The first-order chi connectivity index (χ1) is 30.6. The molecule has 0 aliphatic carbocycles. The second-order valence-corrected chi connectivity index (χ2v) is 20.2. The lowest BCUT2D eigenvalue weighted by molar-refractivity contribution is -0.124. The molecule has 0 heterocycles. The zero-order valence-corrected chi connectivity index (χ0v) is 42.5. The molecule has 0 unspecified atom stereocenters. The summed E-state index contributed by atoms with van der Waals surface area (Å²) in [5, 5.41) is 33.7. The van der Waals surface area contributed by atoms with E-state index in [1.54, 1.807) is 0 Å². The number of aliphatic hydroxyl groups is 3. The van der Waals surface area contributed by atoms with Crippen molar-refractivity contribution in [2.75, 3.05) is 6.61 Å². The van der Waals surface area contributed by atoms with Crippen LogP contribution >= 0.6 is 0 Å². The van der Waals surface area contributed by atoms with Gasteiger partial charge in [-0.1, -0.05) is 316 Å². The van der Waals surface area contributed by atoms with Gasteiger partial charge >= 0.3 is 0 Å². The molecular formula is C57H115NO4. The number of unbranched alkanes of at least 4 members (excludes halogenated alkanes) is 46. The van der Waals surface area contributed by atoms with Crippen molar-refractivity contribution >= 4 is 5.91 Å². The van der Waals surface area contributed by atoms with E-state index >= 15 is 0 Å². The normalized spacial score (nSPS) is 13.2. The molecule has 372 valence electrons. The minimum atomic E-state index is -1.13. The van der Waals surface area contributed by atoms with E-state index in [1.165, 1.54) is 276 Å². The van der Waals surface area contributed by atoms with Gasteiger partial charge in [0.2, 0.25) is 5.91 Å². The van der Waals surface area contributed by atoms with Crippen molar-refractivity contribution in [3.63, 3.8) is 0 Å². The Hall–Kier alpha value is -0.650. The number of nitrogens with one attached hydrogen (secondary N) is 1. The van der Waals surface area contributed by atoms with E-state index in [2.05, 4.69) is 19.2 Å². The first kappa shape index (κ1) is 61.4. The highest BCUT2D eigenvalue weighted by Crippen LogP contribution is 2.19. The summed E-state index contributed by atoms with van der Waals surface area (Å²) in [5.74, 6) is -0.136. The van der Waals surface area contributed by atoms with Gasteiger partial charge in [-0.3, -0.25) is 4.79 Å². The molecule has 0 aromatic heterocycles. The Morgan fingerprint density at radius 3 is 0.774 bits per heavy atom. The SMILES string of the molecule is CCCCCCCCCCCCCCCCCCCCCCCCCCCCCCCCCCCCC(=O)N[C@@H](CO)[C@H](O)[C@H](O)CCCCCCCCCCCCCCCC. The van der Waals surface area contributed by atoms with Crippen molar-refractivity contribution in [2.24, 2.45) is 0 Å². The van der Waals surface area contributed by atoms with Gasteiger partial charge in [-0.2, -0.15) is 0 Å². The maximum absolute atomic E-state index is 12.5. The number of hydrogen-bond acceptors (Lipinski definition) is 4. The van der Waals surface area contributed by atoms with E-state index < -0.39 is 18.2 Å². The van der Waals surface area contributed by atoms with E-state index in [-0.39, 0.29) is 12.5 Å². The molecule has 5 nitrogen and oxygen atoms in total. The molecule has 1 amide bonds. The standard InChI is InChI=1S/C57H115NO4/c1-3-5-7-9-11-13-15-17-19-20-21-22-23-24-25-26-27-28-29-30-31-32-33-34-35-36-37-38-40-42-44-46-48-50-52-56(61)58-54(53-59)57(62)55(60)51-49-47-45-43-41-39-18-16-14-12-10-8-6-4-2/h54-55,57,59-60,62H,3-53H2,1-2H3,(H,58,61)/t54-,55+,57-/m0/s1. The number of carbonyl (C=O) groups is 1. The molecule has 0 saturated carbocycles. The van der Waals surface area contributed by atoms with E-state index in [0.717, 1.165) is 32.1 Å². The highest BCUT2D eigenvalue weighted by atomic mass is 16.3. The second kappa shape index (κ2) is 53.0. The first-order valence-corrected chi connectivity index (χ1v) is 28.8. The van der Waals surface area contributed by atoms with Crippen LogP contribution in [0, 0.1) is 0 Å². The van der Waals surface area contributed by atoms with Gasteiger partial charge in [0.25, 0.3) is 0 Å². The molecule has 62 heavy (non-hydrogen) atoms. The summed E-state index contributed by atoms with van der Waals surface area (Å²) in [6.07, 6.45) is 64.2. The van der Waals surface area contributed by atoms with Crippen molar-refractivity contribution in [1.82, 2.24) is 5.32 Å². The van der Waals surface area contributed by atoms with Crippen LogP contribution in [0.15, 0.2) is 0 Å². The second-order valence-electron chi connectivity index (χ2n) is 20.2. The van der Waals surface area contributed by atoms with E-state index in [4.69, 9.17) is 0 Å². The van der Waals surface area contributed by atoms with E-state index in [9.17, 15) is 20.1 Å². The minimum Gasteiger partial charge on any atom is -0.394 e. The predicted molar refractivity (Wildman–Crippen MR) is 273 cm³/mol. The van der Waals surface area contributed by atoms with E-state index in [0.29, 0.717) is 12.8 Å². The monoisotopic (exact) mass is 878 g/mol. The Balaban J connectivity index is 3.41. The topological polar surface area (TPSA) is 89.8 Å². The van der Waals surface area contributed by atoms with Gasteiger partial charge in [0.05, 0.1) is 18.8 Å². The molecule has 0 spiro atoms. The molecule has 0 bridgehead atoms. The first-order valence-electron chi connectivity index (χ1n) is 28.8. The van der Waals surface area contributed by atoms with Gasteiger partial charge < -0.3 is 20.6 Å². The van der Waals surface area contributed by atoms with E-state index in [1.807, 2.05) is 0 Å². The molecule has 0 saturated heterocycles. The average molecular weight is 879 g/mol. The van der Waals surface area contributed by atoms with Crippen LogP contribution in [-0.4, -0.2) is 46.1 Å². The van der Waals surface area contributed by atoms with Gasteiger partial charge in [-0.05, 0) is 12.8 Å². The Morgan fingerprint density at radius 1 is 0.339 bits per heavy atom. The third kappa shape index (κ3) is 47.3. The minimum absolute atomic E-state index is 0.136. The van der Waals surface area contributed by atoms with Crippen molar-refractivity contribution in [3.05, 3.63) is 0 Å². The number of aliphatic hydroxyl groups excluding tert-OH is 3. The smallest absolute Gasteiger partial charge is 0.220 e. The summed E-state index contributed by atoms with van der Waals surface area (Å²) in [6, 6.07) is -0.803. The van der Waals surface area contributed by atoms with Crippen molar-refractivity contribution < 1.29 is 20.1 Å². The lowest BCUT2D eigenvalue weighted by Crippen LogP contribution is -2.50. The van der Waals surface area contributed by atoms with Crippen LogP contribution in [0.5, 0.6) is 0 Å². The lowest BCUT2D eigenvalue weighted by atomic mass is 9.99. The molecular weight excluding hydrogens is 763 g/mol. The molecule has 4 N–H and O–H groups in total. The van der Waals surface area contributed by atoms with Gasteiger partial charge in [0.1, 0.15) is 6.10 Å². The maximum Gasteiger partial charge on any atom is 0.220 e. The fourth-order valence-corrected chi connectivity index (χ4v) is 9.52. The summed E-state index contributed by atoms with van der Waals surface area (Å²) in [6.45, 7) is 4.21. The third-order valence-corrected chi connectivity index (χ3v) is 14.0. The summed E-state index contributed by atoms with van der Waals surface area (Å²) in [7, 11) is 0. The van der Waals surface area contributed by atoms with Crippen molar-refractivity contribution in [1.29, 1.82) is 0 Å². The number of amides is 1. The third-order valence-electron chi connectivity index (χ3n) is 14.0. The molecule has 0 aromatic rings. The Morgan fingerprint density at radius 2 is 0.548 bits per heavy atom. The van der Waals surface area contributed by atoms with Crippen LogP contribution in [0.25, 0.3) is 0 Å². The van der Waals surface area contributed by atoms with Crippen LogP contribution in [0.2, 0.25) is 0 Å². The summed E-state index contributed by atoms with van der Waals surface area (Å²) < 4.78 is 0. The molecule has 0 rings (SSSR count). The van der Waals surface area contributed by atoms with Crippen LogP contribution in [0.3, 0.4) is 0 Å². The van der Waals surface area contributed by atoms with Gasteiger partial charge in [0.15, 0.2) is 0 Å². The zero-order chi connectivity index (χ0) is 45.1. The molecule has 0 radical (unpaired) electrons. The lowest BCUT2D eigenvalue weighted by Gasteiger charge is -2.26. The number of carbonyl (C=O) groups excluding carboxylic acids is 1. The van der Waals surface area contributed by atoms with Crippen molar-refractivity contribution in [3.8, 4) is 0 Å². The molecule has 5 heteroatoms. The summed E-state index contributed by atoms with van der Waals surface area (Å²) >= 11 is 0. The number of rotatable bonds is 54. The van der Waals surface area contributed by atoms with Crippen molar-refractivity contribution in [2.45, 2.75) is 353 Å². The summed E-state index contributed by atoms with van der Waals surface area (Å²) in [5.41, 5.74) is 0. The fraction of sp³-hybridized carbons (Fsp3) is 0.982. The van der Waals surface area contributed by atoms with Crippen LogP contribution in [0.1, 0.15) is 335 Å². The molecule has 0 fully saturated rings. The highest BCUT2D eigenvalue weighted by molar-refractivity contribution is 5.76. The predicted octanol–water partition coefficient (Wildman–Crippen LogP) is 17.7. The van der Waals surface area contributed by atoms with Gasteiger partial charge in [-0.25, -0.2) is 0 Å². The average Bonchev–Trinajstić information content (AvgIpc) is 3.28. The Kier molecular flexibility index (Phi) is 52.4. The van der Waals surface area contributed by atoms with Gasteiger partial charge in [-0.15, -0.1) is 0 Å². The van der Waals surface area contributed by atoms with Crippen LogP contribution in [-0.2, 0) is 4.79 Å². The fourth-order valence-electron chi connectivity index (χ4n) is 9.52. The largest absolute Gasteiger partial charge is 0.394 e. The van der Waals surface area contributed by atoms with Gasteiger partial charge in [0, 0.05) is 6.42 Å². The summed E-state index contributed by atoms with van der Waals surface area (Å²) in [4.78, 5) is 12.5. The quantitative estimate of drug-likeness (QED) is 0.0458. The highest BCUT2D eigenvalue weighted by Gasteiger charge is 2.26. The van der Waals surface area contributed by atoms with Crippen LogP contribution < -0.4 is 5.32 Å². The van der Waals surface area contributed by atoms with Crippen LogP contribution in [0.4, 0.5) is 0 Å². The Labute approximate surface area is 389 Å². The molecule has 3 atom stereocenters. The maximum atomic E-state index is 12.5. The molecule has 0 aliphatic rings. The zero-order valence-electron chi connectivity index (χ0n) is 42.5.